The van der Waals surface area contributed by atoms with Crippen molar-refractivity contribution in [1.82, 2.24) is 19.9 Å². The Bertz CT molecular complexity index is 1040. The van der Waals surface area contributed by atoms with Crippen molar-refractivity contribution in [2.45, 2.75) is 13.3 Å². The zero-order chi connectivity index (χ0) is 18.2. The minimum Gasteiger partial charge on any atom is -0.423 e. The predicted octanol–water partition coefficient (Wildman–Crippen LogP) is 3.67. The Morgan fingerprint density at radius 3 is 3.11 bits per heavy atom. The highest BCUT2D eigenvalue weighted by atomic mass is 16.4. The Hall–Kier alpha value is -3.09. The summed E-state index contributed by atoms with van der Waals surface area (Å²) in [5, 5.41) is 4.55. The molecular weight excluding hydrogens is 340 g/mol. The van der Waals surface area contributed by atoms with E-state index in [1.54, 1.807) is 6.33 Å². The fraction of sp³-hybridized carbons (Fsp3) is 0.350. The number of aromatic nitrogens is 4. The van der Waals surface area contributed by atoms with Crippen molar-refractivity contribution < 1.29 is 4.42 Å². The van der Waals surface area contributed by atoms with Crippen molar-refractivity contribution in [3.63, 3.8) is 0 Å². The summed E-state index contributed by atoms with van der Waals surface area (Å²) in [5.74, 6) is 1.99. The van der Waals surface area contributed by atoms with Crippen molar-refractivity contribution >= 4 is 34.0 Å². The van der Waals surface area contributed by atoms with Gasteiger partial charge in [0.1, 0.15) is 23.3 Å². The van der Waals surface area contributed by atoms with E-state index in [4.69, 9.17) is 4.42 Å². The van der Waals surface area contributed by atoms with Gasteiger partial charge in [-0.05, 0) is 36.5 Å². The summed E-state index contributed by atoms with van der Waals surface area (Å²) in [5.41, 5.74) is 2.62. The number of oxazole rings is 1. The third kappa shape index (κ3) is 2.99. The minimum absolute atomic E-state index is 0.484. The van der Waals surface area contributed by atoms with Crippen LogP contribution in [0.25, 0.3) is 22.1 Å². The van der Waals surface area contributed by atoms with Crippen LogP contribution >= 0.6 is 0 Å². The topological polar surface area (TPSA) is 82.9 Å². The van der Waals surface area contributed by atoms with Gasteiger partial charge in [0.2, 0.25) is 0 Å². The smallest absolute Gasteiger partial charge is 0.298 e. The van der Waals surface area contributed by atoms with E-state index >= 15 is 0 Å². The second-order valence-electron chi connectivity index (χ2n) is 7.28. The summed E-state index contributed by atoms with van der Waals surface area (Å²) >= 11 is 0. The van der Waals surface area contributed by atoms with Gasteiger partial charge in [0.25, 0.3) is 6.01 Å². The van der Waals surface area contributed by atoms with Crippen LogP contribution in [0.3, 0.4) is 0 Å². The molecule has 0 spiro atoms. The second-order valence-corrected chi connectivity index (χ2v) is 7.28. The predicted molar refractivity (Wildman–Crippen MR) is 106 cm³/mol. The molecule has 0 radical (unpaired) electrons. The van der Waals surface area contributed by atoms with Gasteiger partial charge < -0.3 is 19.6 Å². The quantitative estimate of drug-likeness (QED) is 0.576. The molecule has 0 aliphatic carbocycles. The SMILES string of the molecule is CC1CCN(c2nc3ccccc3o2)CC1CNc1ncnc2[nH]ccc12. The second kappa shape index (κ2) is 6.57. The standard InChI is InChI=1S/C20H22N6O/c1-13-7-9-26(20-25-16-4-2-3-5-17(16)27-20)11-14(13)10-22-19-15-6-8-21-18(15)23-12-24-19/h2-6,8,12-14H,7,9-11H2,1H3,(H2,21,22,23,24). The molecule has 27 heavy (non-hydrogen) atoms. The third-order valence-corrected chi connectivity index (χ3v) is 5.55. The first-order valence-corrected chi connectivity index (χ1v) is 9.40. The molecule has 3 aromatic heterocycles. The molecule has 0 amide bonds. The van der Waals surface area contributed by atoms with E-state index in [1.807, 2.05) is 36.5 Å². The van der Waals surface area contributed by atoms with E-state index in [0.717, 1.165) is 60.0 Å². The molecule has 2 atom stereocenters. The molecule has 5 rings (SSSR count). The fourth-order valence-electron chi connectivity index (χ4n) is 3.83. The maximum Gasteiger partial charge on any atom is 0.298 e. The molecule has 1 fully saturated rings. The van der Waals surface area contributed by atoms with Crippen LogP contribution in [0.2, 0.25) is 0 Å². The number of anilines is 2. The number of hydrogen-bond donors (Lipinski definition) is 2. The summed E-state index contributed by atoms with van der Waals surface area (Å²) < 4.78 is 5.97. The molecule has 1 aliphatic heterocycles. The van der Waals surface area contributed by atoms with E-state index in [1.165, 1.54) is 0 Å². The Morgan fingerprint density at radius 1 is 1.26 bits per heavy atom. The number of rotatable bonds is 4. The van der Waals surface area contributed by atoms with Gasteiger partial charge in [0.15, 0.2) is 5.58 Å². The largest absolute Gasteiger partial charge is 0.423 e. The van der Waals surface area contributed by atoms with Gasteiger partial charge in [-0.15, -0.1) is 0 Å². The number of fused-ring (bicyclic) bond motifs is 2. The monoisotopic (exact) mass is 362 g/mol. The van der Waals surface area contributed by atoms with Gasteiger partial charge >= 0.3 is 0 Å². The molecule has 0 bridgehead atoms. The summed E-state index contributed by atoms with van der Waals surface area (Å²) in [6.45, 7) is 5.07. The molecule has 2 unspecified atom stereocenters. The van der Waals surface area contributed by atoms with Crippen LogP contribution in [-0.2, 0) is 0 Å². The van der Waals surface area contributed by atoms with Crippen LogP contribution in [0, 0.1) is 11.8 Å². The molecule has 138 valence electrons. The highest BCUT2D eigenvalue weighted by molar-refractivity contribution is 5.86. The summed E-state index contributed by atoms with van der Waals surface area (Å²) in [6, 6.07) is 10.7. The lowest BCUT2D eigenvalue weighted by Crippen LogP contribution is -2.42. The van der Waals surface area contributed by atoms with Gasteiger partial charge in [0.05, 0.1) is 5.39 Å². The molecule has 4 aromatic rings. The minimum atomic E-state index is 0.484. The Morgan fingerprint density at radius 2 is 2.19 bits per heavy atom. The van der Waals surface area contributed by atoms with Crippen LogP contribution in [0.5, 0.6) is 0 Å². The summed E-state index contributed by atoms with van der Waals surface area (Å²) in [6.07, 6.45) is 4.60. The number of nitrogens with zero attached hydrogens (tertiary/aromatic N) is 4. The molecule has 7 nitrogen and oxygen atoms in total. The van der Waals surface area contributed by atoms with Crippen molar-refractivity contribution in [3.8, 4) is 0 Å². The van der Waals surface area contributed by atoms with Crippen molar-refractivity contribution in [1.29, 1.82) is 0 Å². The first kappa shape index (κ1) is 16.1. The maximum absolute atomic E-state index is 5.97. The third-order valence-electron chi connectivity index (χ3n) is 5.55. The van der Waals surface area contributed by atoms with E-state index < -0.39 is 0 Å². The Kier molecular flexibility index (Phi) is 3.92. The number of hydrogen-bond acceptors (Lipinski definition) is 6. The van der Waals surface area contributed by atoms with Crippen LogP contribution in [0.1, 0.15) is 13.3 Å². The number of benzene rings is 1. The van der Waals surface area contributed by atoms with Crippen molar-refractivity contribution in [2.75, 3.05) is 29.9 Å². The lowest BCUT2D eigenvalue weighted by Gasteiger charge is -2.36. The zero-order valence-electron chi connectivity index (χ0n) is 15.2. The van der Waals surface area contributed by atoms with Crippen LogP contribution in [0.4, 0.5) is 11.8 Å². The van der Waals surface area contributed by atoms with E-state index in [0.29, 0.717) is 11.8 Å². The van der Waals surface area contributed by atoms with E-state index in [-0.39, 0.29) is 0 Å². The fourth-order valence-corrected chi connectivity index (χ4v) is 3.83. The maximum atomic E-state index is 5.97. The van der Waals surface area contributed by atoms with Gasteiger partial charge in [-0.25, -0.2) is 9.97 Å². The van der Waals surface area contributed by atoms with E-state index in [2.05, 4.69) is 37.1 Å². The lowest BCUT2D eigenvalue weighted by molar-refractivity contribution is 0.305. The van der Waals surface area contributed by atoms with E-state index in [9.17, 15) is 0 Å². The number of H-pyrrole nitrogens is 1. The Labute approximate surface area is 156 Å². The molecule has 0 saturated carbocycles. The Balaban J connectivity index is 1.32. The van der Waals surface area contributed by atoms with Crippen molar-refractivity contribution in [3.05, 3.63) is 42.9 Å². The average Bonchev–Trinajstić information content (AvgIpc) is 3.34. The first-order chi connectivity index (χ1) is 13.3. The normalized spacial score (nSPS) is 20.4. The van der Waals surface area contributed by atoms with Crippen molar-refractivity contribution in [2.24, 2.45) is 11.8 Å². The van der Waals surface area contributed by atoms with Crippen LogP contribution in [-0.4, -0.2) is 39.6 Å². The number of piperidine rings is 1. The first-order valence-electron chi connectivity index (χ1n) is 9.40. The van der Waals surface area contributed by atoms with Gasteiger partial charge in [-0.3, -0.25) is 0 Å². The molecule has 2 N–H and O–H groups in total. The molecular formula is C20H22N6O. The van der Waals surface area contributed by atoms with Gasteiger partial charge in [0, 0.05) is 25.8 Å². The average molecular weight is 362 g/mol. The number of aromatic amines is 1. The highest BCUT2D eigenvalue weighted by Gasteiger charge is 2.28. The summed E-state index contributed by atoms with van der Waals surface area (Å²) in [4.78, 5) is 18.7. The highest BCUT2D eigenvalue weighted by Crippen LogP contribution is 2.29. The lowest BCUT2D eigenvalue weighted by atomic mass is 9.87. The van der Waals surface area contributed by atoms with Gasteiger partial charge in [-0.2, -0.15) is 4.98 Å². The van der Waals surface area contributed by atoms with Crippen LogP contribution < -0.4 is 10.2 Å². The van der Waals surface area contributed by atoms with Gasteiger partial charge in [-0.1, -0.05) is 19.1 Å². The molecule has 1 aromatic carbocycles. The zero-order valence-corrected chi connectivity index (χ0v) is 15.2. The number of nitrogens with one attached hydrogen (secondary N) is 2. The molecule has 1 saturated heterocycles. The number of para-hydroxylation sites is 2. The molecule has 7 heteroatoms. The van der Waals surface area contributed by atoms with Crippen LogP contribution in [0.15, 0.2) is 47.3 Å². The molecule has 1 aliphatic rings. The summed E-state index contributed by atoms with van der Waals surface area (Å²) in [7, 11) is 0. The molecule has 4 heterocycles.